The molecule has 2 aliphatic heterocycles. The van der Waals surface area contributed by atoms with Crippen LogP contribution in [-0.2, 0) is 6.54 Å². The van der Waals surface area contributed by atoms with Crippen molar-refractivity contribution in [2.75, 3.05) is 43.6 Å². The number of ether oxygens (including phenoxy) is 2. The molecule has 5 rings (SSSR count). The third-order valence-corrected chi connectivity index (χ3v) is 4.88. The SMILES string of the molecule is Nc1nc(-c2ccco2)nc(N2CCN(Cc3ccc4c(c3)OCO4)CC2)n1. The lowest BCUT2D eigenvalue weighted by atomic mass is 10.1. The van der Waals surface area contributed by atoms with E-state index in [-0.39, 0.29) is 5.95 Å². The fourth-order valence-electron chi connectivity index (χ4n) is 3.44. The summed E-state index contributed by atoms with van der Waals surface area (Å²) in [6.45, 7) is 4.58. The minimum atomic E-state index is 0.194. The average Bonchev–Trinajstić information content (AvgIpc) is 3.40. The van der Waals surface area contributed by atoms with Crippen LogP contribution in [0, 0.1) is 0 Å². The van der Waals surface area contributed by atoms with E-state index in [0.717, 1.165) is 44.2 Å². The van der Waals surface area contributed by atoms with Crippen LogP contribution in [0.3, 0.4) is 0 Å². The van der Waals surface area contributed by atoms with Crippen LogP contribution in [0.5, 0.6) is 11.5 Å². The highest BCUT2D eigenvalue weighted by molar-refractivity contribution is 5.51. The average molecular weight is 380 g/mol. The fourth-order valence-corrected chi connectivity index (χ4v) is 3.44. The number of benzene rings is 1. The van der Waals surface area contributed by atoms with Crippen molar-refractivity contribution in [2.24, 2.45) is 0 Å². The topological polar surface area (TPSA) is 103 Å². The number of rotatable bonds is 4. The third kappa shape index (κ3) is 3.31. The van der Waals surface area contributed by atoms with E-state index < -0.39 is 0 Å². The Hall–Kier alpha value is -3.33. The summed E-state index contributed by atoms with van der Waals surface area (Å²) in [4.78, 5) is 17.5. The maximum Gasteiger partial charge on any atom is 0.231 e. The number of nitrogens with zero attached hydrogens (tertiary/aromatic N) is 5. The molecule has 0 radical (unpaired) electrons. The summed E-state index contributed by atoms with van der Waals surface area (Å²) < 4.78 is 16.2. The molecule has 0 unspecified atom stereocenters. The predicted molar refractivity (Wildman–Crippen MR) is 102 cm³/mol. The zero-order valence-corrected chi connectivity index (χ0v) is 15.2. The summed E-state index contributed by atoms with van der Waals surface area (Å²) in [6, 6.07) is 9.71. The Morgan fingerprint density at radius 2 is 1.82 bits per heavy atom. The molecule has 1 fully saturated rings. The molecule has 0 atom stereocenters. The number of anilines is 2. The molecule has 0 aliphatic carbocycles. The molecular weight excluding hydrogens is 360 g/mol. The van der Waals surface area contributed by atoms with Gasteiger partial charge in [-0.3, -0.25) is 4.90 Å². The second-order valence-corrected chi connectivity index (χ2v) is 6.75. The molecule has 2 aliphatic rings. The Labute approximate surface area is 161 Å². The molecule has 3 aromatic rings. The summed E-state index contributed by atoms with van der Waals surface area (Å²) in [5.41, 5.74) is 7.09. The van der Waals surface area contributed by atoms with Crippen LogP contribution in [0.4, 0.5) is 11.9 Å². The van der Waals surface area contributed by atoms with Crippen LogP contribution in [0.2, 0.25) is 0 Å². The Morgan fingerprint density at radius 3 is 2.64 bits per heavy atom. The van der Waals surface area contributed by atoms with Crippen molar-refractivity contribution in [1.82, 2.24) is 19.9 Å². The summed E-state index contributed by atoms with van der Waals surface area (Å²) >= 11 is 0. The minimum absolute atomic E-state index is 0.194. The van der Waals surface area contributed by atoms with Crippen molar-refractivity contribution in [3.63, 3.8) is 0 Å². The van der Waals surface area contributed by atoms with Crippen molar-refractivity contribution in [3.05, 3.63) is 42.2 Å². The fraction of sp³-hybridized carbons (Fsp3) is 0.316. The van der Waals surface area contributed by atoms with Gasteiger partial charge in [0.15, 0.2) is 17.3 Å². The molecule has 2 aromatic heterocycles. The van der Waals surface area contributed by atoms with E-state index in [1.807, 2.05) is 12.1 Å². The van der Waals surface area contributed by atoms with E-state index in [1.165, 1.54) is 5.56 Å². The van der Waals surface area contributed by atoms with Gasteiger partial charge in [-0.15, -0.1) is 0 Å². The number of piperazine rings is 1. The molecule has 0 saturated carbocycles. The summed E-state index contributed by atoms with van der Waals surface area (Å²) in [6.07, 6.45) is 1.59. The number of nitrogen functional groups attached to an aromatic ring is 1. The molecule has 1 saturated heterocycles. The quantitative estimate of drug-likeness (QED) is 0.725. The van der Waals surface area contributed by atoms with Crippen molar-refractivity contribution < 1.29 is 13.9 Å². The first-order valence-corrected chi connectivity index (χ1v) is 9.16. The van der Waals surface area contributed by atoms with Crippen LogP contribution in [-0.4, -0.2) is 52.8 Å². The van der Waals surface area contributed by atoms with E-state index in [4.69, 9.17) is 19.6 Å². The van der Waals surface area contributed by atoms with E-state index in [0.29, 0.717) is 24.3 Å². The van der Waals surface area contributed by atoms with Gasteiger partial charge in [0.2, 0.25) is 24.5 Å². The lowest BCUT2D eigenvalue weighted by Crippen LogP contribution is -2.46. The molecule has 0 spiro atoms. The van der Waals surface area contributed by atoms with Gasteiger partial charge in [-0.2, -0.15) is 15.0 Å². The Bertz CT molecular complexity index is 970. The van der Waals surface area contributed by atoms with E-state index in [2.05, 4.69) is 36.9 Å². The molecule has 0 amide bonds. The Morgan fingerprint density at radius 1 is 0.964 bits per heavy atom. The zero-order chi connectivity index (χ0) is 18.9. The molecule has 9 heteroatoms. The molecule has 144 valence electrons. The van der Waals surface area contributed by atoms with Crippen LogP contribution in [0.25, 0.3) is 11.6 Å². The molecule has 1 aromatic carbocycles. The van der Waals surface area contributed by atoms with E-state index in [9.17, 15) is 0 Å². The van der Waals surface area contributed by atoms with Crippen molar-refractivity contribution in [2.45, 2.75) is 6.54 Å². The van der Waals surface area contributed by atoms with Gasteiger partial charge in [0.25, 0.3) is 0 Å². The van der Waals surface area contributed by atoms with Gasteiger partial charge in [0.1, 0.15) is 0 Å². The maximum absolute atomic E-state index is 5.88. The second-order valence-electron chi connectivity index (χ2n) is 6.75. The predicted octanol–water partition coefficient (Wildman–Crippen LogP) is 1.76. The highest BCUT2D eigenvalue weighted by Gasteiger charge is 2.22. The van der Waals surface area contributed by atoms with Crippen LogP contribution in [0.1, 0.15) is 5.56 Å². The minimum Gasteiger partial charge on any atom is -0.461 e. The Kier molecular flexibility index (Phi) is 4.21. The molecule has 0 bridgehead atoms. The van der Waals surface area contributed by atoms with Gasteiger partial charge in [0, 0.05) is 32.7 Å². The first-order valence-electron chi connectivity index (χ1n) is 9.16. The highest BCUT2D eigenvalue weighted by Crippen LogP contribution is 2.33. The zero-order valence-electron chi connectivity index (χ0n) is 15.2. The van der Waals surface area contributed by atoms with Gasteiger partial charge < -0.3 is 24.5 Å². The number of hydrogen-bond donors (Lipinski definition) is 1. The number of fused-ring (bicyclic) bond motifs is 1. The van der Waals surface area contributed by atoms with Crippen LogP contribution in [0.15, 0.2) is 41.0 Å². The summed E-state index contributed by atoms with van der Waals surface area (Å²) in [7, 11) is 0. The van der Waals surface area contributed by atoms with Crippen molar-refractivity contribution in [1.29, 1.82) is 0 Å². The maximum atomic E-state index is 5.88. The van der Waals surface area contributed by atoms with Gasteiger partial charge in [-0.1, -0.05) is 6.07 Å². The smallest absolute Gasteiger partial charge is 0.231 e. The molecule has 2 N–H and O–H groups in total. The number of hydrogen-bond acceptors (Lipinski definition) is 9. The largest absolute Gasteiger partial charge is 0.461 e. The molecule has 4 heterocycles. The van der Waals surface area contributed by atoms with E-state index in [1.54, 1.807) is 12.3 Å². The molecule has 28 heavy (non-hydrogen) atoms. The number of nitrogens with two attached hydrogens (primary N) is 1. The lowest BCUT2D eigenvalue weighted by Gasteiger charge is -2.34. The van der Waals surface area contributed by atoms with Crippen LogP contribution < -0.4 is 20.1 Å². The Balaban J connectivity index is 1.25. The van der Waals surface area contributed by atoms with Crippen LogP contribution >= 0.6 is 0 Å². The van der Waals surface area contributed by atoms with Gasteiger partial charge in [-0.05, 0) is 29.8 Å². The number of furan rings is 1. The lowest BCUT2D eigenvalue weighted by molar-refractivity contribution is 0.174. The van der Waals surface area contributed by atoms with Gasteiger partial charge >= 0.3 is 0 Å². The standard InChI is InChI=1S/C19H20N6O3/c20-18-21-17(15-2-1-9-26-15)22-19(23-18)25-7-5-24(6-8-25)11-13-3-4-14-16(10-13)28-12-27-14/h1-4,9-10H,5-8,11-12H2,(H2,20,21,22,23). The number of aromatic nitrogens is 3. The molecular formula is C19H20N6O3. The normalized spacial score (nSPS) is 16.5. The molecule has 9 nitrogen and oxygen atoms in total. The third-order valence-electron chi connectivity index (χ3n) is 4.88. The van der Waals surface area contributed by atoms with E-state index >= 15 is 0 Å². The first-order chi connectivity index (χ1) is 13.7. The summed E-state index contributed by atoms with van der Waals surface area (Å²) in [5, 5.41) is 0. The first kappa shape index (κ1) is 16.8. The van der Waals surface area contributed by atoms with Crippen molar-refractivity contribution in [3.8, 4) is 23.1 Å². The van der Waals surface area contributed by atoms with Gasteiger partial charge in [-0.25, -0.2) is 0 Å². The summed E-state index contributed by atoms with van der Waals surface area (Å²) in [5.74, 6) is 3.45. The highest BCUT2D eigenvalue weighted by atomic mass is 16.7. The van der Waals surface area contributed by atoms with Crippen molar-refractivity contribution >= 4 is 11.9 Å². The monoisotopic (exact) mass is 380 g/mol. The second kappa shape index (κ2) is 7.01. The van der Waals surface area contributed by atoms with Gasteiger partial charge in [0.05, 0.1) is 6.26 Å².